The van der Waals surface area contributed by atoms with Gasteiger partial charge >= 0.3 is 0 Å². The highest BCUT2D eigenvalue weighted by atomic mass is 35.5. The maximum Gasteiger partial charge on any atom is 0.165 e. The van der Waals surface area contributed by atoms with Crippen molar-refractivity contribution in [2.24, 2.45) is 0 Å². The highest BCUT2D eigenvalue weighted by molar-refractivity contribution is 6.30. The number of carbonyl (C=O) groups is 1. The van der Waals surface area contributed by atoms with Gasteiger partial charge in [-0.1, -0.05) is 23.7 Å². The third-order valence-electron chi connectivity index (χ3n) is 3.24. The van der Waals surface area contributed by atoms with Crippen molar-refractivity contribution >= 4 is 23.2 Å². The van der Waals surface area contributed by atoms with Crippen LogP contribution in [0.25, 0.3) is 0 Å². The van der Waals surface area contributed by atoms with E-state index in [9.17, 15) is 4.79 Å². The van der Waals surface area contributed by atoms with Crippen LogP contribution in [0.4, 0.5) is 0 Å². The largest absolute Gasteiger partial charge is 0.344 e. The quantitative estimate of drug-likeness (QED) is 0.877. The van der Waals surface area contributed by atoms with E-state index in [-0.39, 0.29) is 12.2 Å². The van der Waals surface area contributed by atoms with Crippen LogP contribution in [0.1, 0.15) is 25.8 Å². The van der Waals surface area contributed by atoms with Gasteiger partial charge in [-0.05, 0) is 31.5 Å². The molecule has 1 aliphatic rings. The molecule has 17 heavy (non-hydrogen) atoms. The minimum absolute atomic E-state index is 0.101. The summed E-state index contributed by atoms with van der Waals surface area (Å²) in [6.07, 6.45) is 0.230. The Kier molecular flexibility index (Phi) is 2.96. The lowest BCUT2D eigenvalue weighted by molar-refractivity contribution is -0.123. The summed E-state index contributed by atoms with van der Waals surface area (Å²) in [6.45, 7) is 4.28. The Morgan fingerprint density at radius 3 is 2.71 bits per heavy atom. The average Bonchev–Trinajstić information content (AvgIpc) is 2.42. The van der Waals surface area contributed by atoms with Crippen LogP contribution < -0.4 is 0 Å². The van der Waals surface area contributed by atoms with Gasteiger partial charge in [-0.3, -0.25) is 10.2 Å². The van der Waals surface area contributed by atoms with Crippen LogP contribution in [0.3, 0.4) is 0 Å². The molecule has 1 aromatic rings. The topological polar surface area (TPSA) is 44.2 Å². The van der Waals surface area contributed by atoms with Gasteiger partial charge in [0.2, 0.25) is 0 Å². The van der Waals surface area contributed by atoms with Crippen molar-refractivity contribution in [3.8, 4) is 0 Å². The molecule has 0 unspecified atom stereocenters. The summed E-state index contributed by atoms with van der Waals surface area (Å²) in [4.78, 5) is 13.6. The maximum absolute atomic E-state index is 11.8. The van der Waals surface area contributed by atoms with E-state index < -0.39 is 5.54 Å². The third-order valence-corrected chi connectivity index (χ3v) is 3.48. The number of hydrogen-bond acceptors (Lipinski definition) is 2. The molecule has 0 bridgehead atoms. The SMILES string of the molecule is CC1(C)C(=O)CC(=N)N1Cc1cccc(Cl)c1. The van der Waals surface area contributed by atoms with Gasteiger partial charge in [0, 0.05) is 11.6 Å². The number of Topliss-reactive ketones (excluding diaryl/α,β-unsaturated/α-hetero) is 1. The summed E-state index contributed by atoms with van der Waals surface area (Å²) in [5.74, 6) is 0.490. The molecule has 0 aromatic heterocycles. The van der Waals surface area contributed by atoms with E-state index >= 15 is 0 Å². The fourth-order valence-electron chi connectivity index (χ4n) is 2.06. The summed E-state index contributed by atoms with van der Waals surface area (Å²) in [5, 5.41) is 8.55. The Bertz CT molecular complexity index is 482. The van der Waals surface area contributed by atoms with Crippen LogP contribution in [0, 0.1) is 5.41 Å². The second-order valence-electron chi connectivity index (χ2n) is 4.82. The minimum Gasteiger partial charge on any atom is -0.344 e. The standard InChI is InChI=1S/C13H15ClN2O/c1-13(2)11(17)7-12(15)16(13)8-9-4-3-5-10(14)6-9/h3-6,15H,7-8H2,1-2H3. The van der Waals surface area contributed by atoms with Gasteiger partial charge in [0.25, 0.3) is 0 Å². The number of ketones is 1. The van der Waals surface area contributed by atoms with E-state index in [4.69, 9.17) is 17.0 Å². The first-order valence-electron chi connectivity index (χ1n) is 5.54. The van der Waals surface area contributed by atoms with Crippen molar-refractivity contribution in [1.29, 1.82) is 5.41 Å². The van der Waals surface area contributed by atoms with Gasteiger partial charge < -0.3 is 4.90 Å². The Labute approximate surface area is 106 Å². The predicted molar refractivity (Wildman–Crippen MR) is 68.4 cm³/mol. The van der Waals surface area contributed by atoms with Crippen molar-refractivity contribution in [3.05, 3.63) is 34.9 Å². The number of halogens is 1. The van der Waals surface area contributed by atoms with Crippen molar-refractivity contribution < 1.29 is 4.79 Å². The highest BCUT2D eigenvalue weighted by Crippen LogP contribution is 2.28. The van der Waals surface area contributed by atoms with Gasteiger partial charge in [-0.25, -0.2) is 0 Å². The summed E-state index contributed by atoms with van der Waals surface area (Å²) in [5.41, 5.74) is 0.435. The summed E-state index contributed by atoms with van der Waals surface area (Å²) in [7, 11) is 0. The molecule has 0 saturated carbocycles. The van der Waals surface area contributed by atoms with Crippen molar-refractivity contribution in [2.75, 3.05) is 0 Å². The number of carbonyl (C=O) groups excluding carboxylic acids is 1. The maximum atomic E-state index is 11.8. The zero-order valence-electron chi connectivity index (χ0n) is 9.96. The molecular weight excluding hydrogens is 236 g/mol. The van der Waals surface area contributed by atoms with Crippen LogP contribution in [0.15, 0.2) is 24.3 Å². The summed E-state index contributed by atoms with van der Waals surface area (Å²) < 4.78 is 0. The number of rotatable bonds is 2. The molecule has 90 valence electrons. The normalized spacial score (nSPS) is 18.9. The lowest BCUT2D eigenvalue weighted by atomic mass is 10.00. The summed E-state index contributed by atoms with van der Waals surface area (Å²) >= 11 is 5.93. The fourth-order valence-corrected chi connectivity index (χ4v) is 2.28. The van der Waals surface area contributed by atoms with Gasteiger partial charge in [0.05, 0.1) is 12.0 Å². The molecule has 1 aromatic carbocycles. The highest BCUT2D eigenvalue weighted by Gasteiger charge is 2.42. The van der Waals surface area contributed by atoms with Gasteiger partial charge in [0.1, 0.15) is 5.84 Å². The molecule has 0 atom stereocenters. The van der Waals surface area contributed by atoms with Gasteiger partial charge in [0.15, 0.2) is 5.78 Å². The molecule has 1 N–H and O–H groups in total. The molecule has 4 heteroatoms. The zero-order valence-corrected chi connectivity index (χ0v) is 10.7. The molecule has 1 aliphatic heterocycles. The number of amidine groups is 1. The van der Waals surface area contributed by atoms with Gasteiger partial charge in [-0.2, -0.15) is 0 Å². The van der Waals surface area contributed by atoms with Gasteiger partial charge in [-0.15, -0.1) is 0 Å². The van der Waals surface area contributed by atoms with E-state index in [0.29, 0.717) is 17.4 Å². The Morgan fingerprint density at radius 2 is 2.18 bits per heavy atom. The molecule has 0 spiro atoms. The van der Waals surface area contributed by atoms with Crippen LogP contribution in [0.2, 0.25) is 5.02 Å². The molecule has 2 rings (SSSR count). The molecule has 0 amide bonds. The number of likely N-dealkylation sites (tertiary alicyclic amines) is 1. The first kappa shape index (κ1) is 12.1. The summed E-state index contributed by atoms with van der Waals surface area (Å²) in [6, 6.07) is 7.52. The Balaban J connectivity index is 2.24. The first-order valence-corrected chi connectivity index (χ1v) is 5.92. The fraction of sp³-hybridized carbons (Fsp3) is 0.385. The number of nitrogens with zero attached hydrogens (tertiary/aromatic N) is 1. The van der Waals surface area contributed by atoms with Crippen LogP contribution >= 0.6 is 11.6 Å². The number of hydrogen-bond donors (Lipinski definition) is 1. The molecule has 1 fully saturated rings. The smallest absolute Gasteiger partial charge is 0.165 e. The molecule has 0 radical (unpaired) electrons. The lowest BCUT2D eigenvalue weighted by Crippen LogP contribution is -2.43. The van der Waals surface area contributed by atoms with Crippen LogP contribution in [0.5, 0.6) is 0 Å². The van der Waals surface area contributed by atoms with E-state index in [2.05, 4.69) is 0 Å². The van der Waals surface area contributed by atoms with Crippen molar-refractivity contribution in [1.82, 2.24) is 4.90 Å². The van der Waals surface area contributed by atoms with E-state index in [0.717, 1.165) is 5.56 Å². The number of benzene rings is 1. The molecule has 1 saturated heterocycles. The van der Waals surface area contributed by atoms with E-state index in [1.807, 2.05) is 43.0 Å². The minimum atomic E-state index is -0.584. The molecule has 0 aliphatic carbocycles. The van der Waals surface area contributed by atoms with Crippen molar-refractivity contribution in [3.63, 3.8) is 0 Å². The monoisotopic (exact) mass is 250 g/mol. The van der Waals surface area contributed by atoms with Crippen molar-refractivity contribution in [2.45, 2.75) is 32.4 Å². The zero-order chi connectivity index (χ0) is 12.6. The van der Waals surface area contributed by atoms with Crippen LogP contribution in [-0.2, 0) is 11.3 Å². The van der Waals surface area contributed by atoms with Crippen LogP contribution in [-0.4, -0.2) is 22.1 Å². The Morgan fingerprint density at radius 1 is 1.47 bits per heavy atom. The molecule has 3 nitrogen and oxygen atoms in total. The predicted octanol–water partition coefficient (Wildman–Crippen LogP) is 2.87. The molecule has 1 heterocycles. The Hall–Kier alpha value is -1.35. The second kappa shape index (κ2) is 4.15. The molecular formula is C13H15ClN2O. The lowest BCUT2D eigenvalue weighted by Gasteiger charge is -2.31. The van der Waals surface area contributed by atoms with E-state index in [1.54, 1.807) is 0 Å². The first-order chi connectivity index (χ1) is 7.91. The second-order valence-corrected chi connectivity index (χ2v) is 5.26. The third kappa shape index (κ3) is 2.20. The van der Waals surface area contributed by atoms with E-state index in [1.165, 1.54) is 0 Å². The number of nitrogens with one attached hydrogen (secondary N) is 1. The average molecular weight is 251 g/mol.